The SMILES string of the molecule is C=CCSc1nnc(NC(=O)[C@H]2CN(S(=O)(=O)c3ccc(C)cc3)c3cc(C)ccc3O2)s1. The van der Waals surface area contributed by atoms with E-state index in [0.29, 0.717) is 26.7 Å². The van der Waals surface area contributed by atoms with E-state index in [1.165, 1.54) is 27.4 Å². The second-order valence-electron chi connectivity index (χ2n) is 7.39. The fourth-order valence-corrected chi connectivity index (χ4v) is 6.18. The Morgan fingerprint density at radius 2 is 1.97 bits per heavy atom. The lowest BCUT2D eigenvalue weighted by molar-refractivity contribution is -0.122. The van der Waals surface area contributed by atoms with Crippen LogP contribution in [0.2, 0.25) is 0 Å². The van der Waals surface area contributed by atoms with Crippen molar-refractivity contribution in [1.82, 2.24) is 10.2 Å². The van der Waals surface area contributed by atoms with Crippen molar-refractivity contribution in [2.45, 2.75) is 29.2 Å². The Labute approximate surface area is 200 Å². The lowest BCUT2D eigenvalue weighted by Gasteiger charge is -2.34. The Kier molecular flexibility index (Phi) is 6.73. The van der Waals surface area contributed by atoms with E-state index in [9.17, 15) is 13.2 Å². The van der Waals surface area contributed by atoms with Crippen molar-refractivity contribution in [1.29, 1.82) is 0 Å². The van der Waals surface area contributed by atoms with E-state index < -0.39 is 22.0 Å². The summed E-state index contributed by atoms with van der Waals surface area (Å²) in [5, 5.41) is 11.0. The first-order chi connectivity index (χ1) is 15.8. The van der Waals surface area contributed by atoms with Gasteiger partial charge >= 0.3 is 0 Å². The molecule has 8 nitrogen and oxygen atoms in total. The van der Waals surface area contributed by atoms with Crippen molar-refractivity contribution in [2.75, 3.05) is 21.9 Å². The molecule has 0 saturated heterocycles. The van der Waals surface area contributed by atoms with Crippen LogP contribution in [-0.4, -0.2) is 42.9 Å². The number of hydrogen-bond donors (Lipinski definition) is 1. The van der Waals surface area contributed by atoms with E-state index in [1.807, 2.05) is 19.9 Å². The third-order valence-electron chi connectivity index (χ3n) is 4.85. The molecule has 1 aliphatic heterocycles. The Balaban J connectivity index is 1.62. The van der Waals surface area contributed by atoms with Crippen LogP contribution in [0.4, 0.5) is 10.8 Å². The number of anilines is 2. The first-order valence-corrected chi connectivity index (χ1v) is 13.3. The highest BCUT2D eigenvalue weighted by atomic mass is 32.2. The molecular weight excluding hydrogens is 480 g/mol. The van der Waals surface area contributed by atoms with Gasteiger partial charge in [-0.25, -0.2) is 8.42 Å². The van der Waals surface area contributed by atoms with E-state index in [-0.39, 0.29) is 11.4 Å². The number of carbonyl (C=O) groups excluding carboxylic acids is 1. The molecule has 1 N–H and O–H groups in total. The number of aryl methyl sites for hydroxylation is 2. The van der Waals surface area contributed by atoms with Crippen molar-refractivity contribution in [3.8, 4) is 5.75 Å². The highest BCUT2D eigenvalue weighted by Gasteiger charge is 2.38. The van der Waals surface area contributed by atoms with Crippen LogP contribution in [0.25, 0.3) is 0 Å². The van der Waals surface area contributed by atoms with Crippen LogP contribution in [0, 0.1) is 13.8 Å². The first-order valence-electron chi connectivity index (χ1n) is 10.0. The van der Waals surface area contributed by atoms with Gasteiger partial charge in [0.05, 0.1) is 17.1 Å². The number of nitrogens with one attached hydrogen (secondary N) is 1. The van der Waals surface area contributed by atoms with Crippen LogP contribution >= 0.6 is 23.1 Å². The Bertz CT molecular complexity index is 1290. The average molecular weight is 503 g/mol. The highest BCUT2D eigenvalue weighted by molar-refractivity contribution is 8.01. The van der Waals surface area contributed by atoms with Gasteiger partial charge in [0.25, 0.3) is 15.9 Å². The number of carbonyl (C=O) groups is 1. The van der Waals surface area contributed by atoms with Crippen LogP contribution in [0.5, 0.6) is 5.75 Å². The van der Waals surface area contributed by atoms with Crippen LogP contribution < -0.4 is 14.4 Å². The lowest BCUT2D eigenvalue weighted by atomic mass is 10.1. The lowest BCUT2D eigenvalue weighted by Crippen LogP contribution is -2.48. The Hall–Kier alpha value is -2.89. The maximum absolute atomic E-state index is 13.5. The van der Waals surface area contributed by atoms with Crippen LogP contribution in [0.3, 0.4) is 0 Å². The Morgan fingerprint density at radius 3 is 2.70 bits per heavy atom. The van der Waals surface area contributed by atoms with Crippen molar-refractivity contribution in [3.63, 3.8) is 0 Å². The molecule has 0 spiro atoms. The summed E-state index contributed by atoms with van der Waals surface area (Å²) in [5.74, 6) is 0.500. The minimum atomic E-state index is -3.92. The summed E-state index contributed by atoms with van der Waals surface area (Å²) in [4.78, 5) is 13.1. The number of hydrogen-bond acceptors (Lipinski definition) is 8. The van der Waals surface area contributed by atoms with Gasteiger partial charge in [-0.2, -0.15) is 0 Å². The molecule has 1 aromatic heterocycles. The number of amides is 1. The Morgan fingerprint density at radius 1 is 1.24 bits per heavy atom. The van der Waals surface area contributed by atoms with E-state index in [4.69, 9.17) is 4.74 Å². The number of fused-ring (bicyclic) bond motifs is 1. The summed E-state index contributed by atoms with van der Waals surface area (Å²) in [6.07, 6.45) is 0.691. The molecule has 0 bridgehead atoms. The normalized spacial score (nSPS) is 15.5. The standard InChI is InChI=1S/C22H22N4O4S3/c1-4-11-31-22-25-24-21(32-22)23-20(27)19-13-26(17-12-15(3)7-10-18(17)30-19)33(28,29)16-8-5-14(2)6-9-16/h4-10,12,19H,1,11,13H2,2-3H3,(H,23,24,27)/t19-/m1/s1. The quantitative estimate of drug-likeness (QED) is 0.296. The van der Waals surface area contributed by atoms with Gasteiger partial charge in [0.1, 0.15) is 5.75 Å². The van der Waals surface area contributed by atoms with Gasteiger partial charge < -0.3 is 4.74 Å². The fourth-order valence-electron chi connectivity index (χ4n) is 3.20. The topological polar surface area (TPSA) is 101 Å². The molecule has 0 radical (unpaired) electrons. The molecular formula is C22H22N4O4S3. The van der Waals surface area contributed by atoms with Gasteiger partial charge in [0.15, 0.2) is 10.4 Å². The molecule has 3 aromatic rings. The smallest absolute Gasteiger partial charge is 0.269 e. The maximum atomic E-state index is 13.5. The monoisotopic (exact) mass is 502 g/mol. The molecule has 0 unspecified atom stereocenters. The number of ether oxygens (including phenoxy) is 1. The summed E-state index contributed by atoms with van der Waals surface area (Å²) in [6, 6.07) is 11.8. The van der Waals surface area contributed by atoms with Gasteiger partial charge in [0.2, 0.25) is 5.13 Å². The zero-order valence-electron chi connectivity index (χ0n) is 18.0. The second kappa shape index (κ2) is 9.54. The third-order valence-corrected chi connectivity index (χ3v) is 8.61. The minimum Gasteiger partial charge on any atom is -0.476 e. The fraction of sp³-hybridized carbons (Fsp3) is 0.227. The minimum absolute atomic E-state index is 0.148. The van der Waals surface area contributed by atoms with Crippen LogP contribution in [-0.2, 0) is 14.8 Å². The van der Waals surface area contributed by atoms with Gasteiger partial charge in [-0.15, -0.1) is 16.8 Å². The molecule has 33 heavy (non-hydrogen) atoms. The summed E-state index contributed by atoms with van der Waals surface area (Å²) < 4.78 is 34.8. The third kappa shape index (κ3) is 5.05. The number of sulfonamides is 1. The number of nitrogens with zero attached hydrogens (tertiary/aromatic N) is 3. The molecule has 2 heterocycles. The van der Waals surface area contributed by atoms with E-state index in [2.05, 4.69) is 22.1 Å². The predicted octanol–water partition coefficient (Wildman–Crippen LogP) is 4.03. The number of rotatable bonds is 7. The van der Waals surface area contributed by atoms with Crippen LogP contribution in [0.1, 0.15) is 11.1 Å². The van der Waals surface area contributed by atoms with E-state index in [1.54, 1.807) is 42.5 Å². The van der Waals surface area contributed by atoms with Crippen molar-refractivity contribution >= 4 is 49.8 Å². The molecule has 0 aliphatic carbocycles. The first kappa shape index (κ1) is 23.3. The number of thioether (sulfide) groups is 1. The summed E-state index contributed by atoms with van der Waals surface area (Å²) in [7, 11) is -3.92. The van der Waals surface area contributed by atoms with Crippen LogP contribution in [0.15, 0.2) is 64.4 Å². The second-order valence-corrected chi connectivity index (χ2v) is 11.5. The molecule has 1 aliphatic rings. The summed E-state index contributed by atoms with van der Waals surface area (Å²) in [5.41, 5.74) is 2.23. The van der Waals surface area contributed by atoms with E-state index >= 15 is 0 Å². The van der Waals surface area contributed by atoms with Gasteiger partial charge in [-0.1, -0.05) is 52.9 Å². The largest absolute Gasteiger partial charge is 0.476 e. The number of benzene rings is 2. The molecule has 1 amide bonds. The van der Waals surface area contributed by atoms with Gasteiger partial charge in [0, 0.05) is 5.75 Å². The van der Waals surface area contributed by atoms with Gasteiger partial charge in [-0.3, -0.25) is 14.4 Å². The van der Waals surface area contributed by atoms with Gasteiger partial charge in [-0.05, 0) is 43.7 Å². The molecule has 2 aromatic carbocycles. The molecule has 11 heteroatoms. The predicted molar refractivity (Wildman–Crippen MR) is 131 cm³/mol. The van der Waals surface area contributed by atoms with Crippen molar-refractivity contribution in [2.24, 2.45) is 0 Å². The average Bonchev–Trinajstić information content (AvgIpc) is 3.24. The summed E-state index contributed by atoms with van der Waals surface area (Å²) in [6.45, 7) is 7.25. The molecule has 0 saturated carbocycles. The molecule has 172 valence electrons. The van der Waals surface area contributed by atoms with Crippen molar-refractivity contribution in [3.05, 3.63) is 66.2 Å². The maximum Gasteiger partial charge on any atom is 0.269 e. The summed E-state index contributed by atoms with van der Waals surface area (Å²) >= 11 is 2.69. The highest BCUT2D eigenvalue weighted by Crippen LogP contribution is 2.38. The zero-order valence-corrected chi connectivity index (χ0v) is 20.5. The zero-order chi connectivity index (χ0) is 23.6. The van der Waals surface area contributed by atoms with Crippen molar-refractivity contribution < 1.29 is 17.9 Å². The molecule has 4 rings (SSSR count). The molecule has 0 fully saturated rings. The van der Waals surface area contributed by atoms with E-state index in [0.717, 1.165) is 11.1 Å². The molecule has 1 atom stereocenters. The number of aromatic nitrogens is 2.